The van der Waals surface area contributed by atoms with Crippen molar-refractivity contribution in [3.63, 3.8) is 0 Å². The van der Waals surface area contributed by atoms with Crippen LogP contribution in [0.4, 0.5) is 5.69 Å². The van der Waals surface area contributed by atoms with Crippen LogP contribution in [0.25, 0.3) is 0 Å². The third-order valence-electron chi connectivity index (χ3n) is 4.31. The largest absolute Gasteiger partial charge is 0.348 e. The predicted molar refractivity (Wildman–Crippen MR) is 92.6 cm³/mol. The maximum absolute atomic E-state index is 5.87. The van der Waals surface area contributed by atoms with Gasteiger partial charge in [0, 0.05) is 11.5 Å². The number of rotatable bonds is 7. The van der Waals surface area contributed by atoms with E-state index < -0.39 is 0 Å². The number of ether oxygens (including phenoxy) is 2. The Balaban J connectivity index is 1.75. The van der Waals surface area contributed by atoms with Crippen LogP contribution in [0.2, 0.25) is 0 Å². The minimum atomic E-state index is -0.253. The van der Waals surface area contributed by atoms with Gasteiger partial charge in [0.05, 0.1) is 24.1 Å². The van der Waals surface area contributed by atoms with E-state index in [4.69, 9.17) is 9.47 Å². The molecule has 1 aliphatic heterocycles. The molecule has 1 fully saturated rings. The Morgan fingerprint density at radius 1 is 1.27 bits per heavy atom. The summed E-state index contributed by atoms with van der Waals surface area (Å²) in [6.45, 7) is 6.14. The van der Waals surface area contributed by atoms with Gasteiger partial charge >= 0.3 is 0 Å². The molecule has 1 unspecified atom stereocenters. The van der Waals surface area contributed by atoms with Crippen molar-refractivity contribution in [2.24, 2.45) is 16.8 Å². The Labute approximate surface area is 138 Å². The monoisotopic (exact) mass is 319 g/mol. The highest BCUT2D eigenvalue weighted by molar-refractivity contribution is 7.78. The molecular formula is C18H25NO2S. The molecule has 1 saturated heterocycles. The Hall–Kier alpha value is -1.06. The number of hydrogen-bond acceptors (Lipinski definition) is 4. The molecular weight excluding hydrogens is 294 g/mol. The molecule has 2 rings (SSSR count). The van der Waals surface area contributed by atoms with E-state index in [9.17, 15) is 0 Å². The van der Waals surface area contributed by atoms with Crippen molar-refractivity contribution in [3.8, 4) is 0 Å². The zero-order valence-corrected chi connectivity index (χ0v) is 14.3. The number of nitrogens with zero attached hydrogens (tertiary/aromatic N) is 1. The summed E-state index contributed by atoms with van der Waals surface area (Å²) in [7, 11) is 0. The lowest BCUT2D eigenvalue weighted by atomic mass is 9.96. The van der Waals surface area contributed by atoms with Crippen LogP contribution in [-0.4, -0.2) is 18.4 Å². The lowest BCUT2D eigenvalue weighted by molar-refractivity contribution is -0.206. The third-order valence-corrected chi connectivity index (χ3v) is 4.40. The summed E-state index contributed by atoms with van der Waals surface area (Å²) in [5.41, 5.74) is 1.83. The molecule has 0 N–H and O–H groups in total. The van der Waals surface area contributed by atoms with Gasteiger partial charge in [-0.25, -0.2) is 0 Å². The predicted octanol–water partition coefficient (Wildman–Crippen LogP) is 5.30. The summed E-state index contributed by atoms with van der Waals surface area (Å²) in [4.78, 5) is 3.94. The Morgan fingerprint density at radius 2 is 1.95 bits per heavy atom. The van der Waals surface area contributed by atoms with E-state index in [2.05, 4.69) is 36.2 Å². The minimum absolute atomic E-state index is 0.253. The van der Waals surface area contributed by atoms with Crippen LogP contribution in [0.5, 0.6) is 0 Å². The van der Waals surface area contributed by atoms with E-state index in [-0.39, 0.29) is 6.29 Å². The number of thiocarbonyl (C=S) groups is 1. The van der Waals surface area contributed by atoms with Gasteiger partial charge in [0.15, 0.2) is 6.29 Å². The summed E-state index contributed by atoms with van der Waals surface area (Å²) in [5, 5.41) is 2.37. The maximum Gasteiger partial charge on any atom is 0.183 e. The molecule has 3 nitrogen and oxygen atoms in total. The fraction of sp³-hybridized carbons (Fsp3) is 0.611. The number of isothiocyanates is 1. The molecule has 1 aromatic carbocycles. The summed E-state index contributed by atoms with van der Waals surface area (Å²) >= 11 is 4.60. The second-order valence-electron chi connectivity index (χ2n) is 6.10. The Kier molecular flexibility index (Phi) is 7.20. The molecule has 1 aliphatic rings. The van der Waals surface area contributed by atoms with Crippen molar-refractivity contribution >= 4 is 23.1 Å². The number of hydrogen-bond donors (Lipinski definition) is 0. The standard InChI is InChI=1S/C18H25NO2S/c1-3-14(2)5-4-6-15-11-20-18(21-12-15)16-7-9-17(10-8-16)19-13-22/h7-10,14-15,18H,3-6,11-12H2,1-2H3. The van der Waals surface area contributed by atoms with Gasteiger partial charge in [-0.15, -0.1) is 0 Å². The van der Waals surface area contributed by atoms with Gasteiger partial charge in [0.1, 0.15) is 0 Å². The van der Waals surface area contributed by atoms with Gasteiger partial charge < -0.3 is 9.47 Å². The van der Waals surface area contributed by atoms with Crippen molar-refractivity contribution in [2.75, 3.05) is 13.2 Å². The molecule has 0 aliphatic carbocycles. The molecule has 0 amide bonds. The molecule has 1 heterocycles. The zero-order chi connectivity index (χ0) is 15.8. The average Bonchev–Trinajstić information content (AvgIpc) is 2.56. The van der Waals surface area contributed by atoms with E-state index in [0.717, 1.165) is 30.4 Å². The number of benzene rings is 1. The Bertz CT molecular complexity index is 488. The second kappa shape index (κ2) is 9.16. The van der Waals surface area contributed by atoms with Gasteiger partial charge in [-0.3, -0.25) is 0 Å². The van der Waals surface area contributed by atoms with Crippen LogP contribution in [-0.2, 0) is 9.47 Å². The minimum Gasteiger partial charge on any atom is -0.348 e. The van der Waals surface area contributed by atoms with Crippen molar-refractivity contribution in [2.45, 2.75) is 45.8 Å². The highest BCUT2D eigenvalue weighted by Crippen LogP contribution is 2.28. The van der Waals surface area contributed by atoms with Crippen LogP contribution < -0.4 is 0 Å². The molecule has 120 valence electrons. The van der Waals surface area contributed by atoms with Gasteiger partial charge in [-0.1, -0.05) is 45.2 Å². The first-order valence-corrected chi connectivity index (χ1v) is 8.54. The fourth-order valence-electron chi connectivity index (χ4n) is 2.62. The van der Waals surface area contributed by atoms with Crippen molar-refractivity contribution < 1.29 is 9.47 Å². The first-order valence-electron chi connectivity index (χ1n) is 8.14. The van der Waals surface area contributed by atoms with Crippen molar-refractivity contribution in [1.82, 2.24) is 0 Å². The summed E-state index contributed by atoms with van der Waals surface area (Å²) < 4.78 is 11.7. The summed E-state index contributed by atoms with van der Waals surface area (Å²) in [6.07, 6.45) is 4.78. The SMILES string of the molecule is CCC(C)CCCC1COC(c2ccc(N=C=S)cc2)OC1. The van der Waals surface area contributed by atoms with E-state index in [0.29, 0.717) is 5.92 Å². The topological polar surface area (TPSA) is 30.8 Å². The van der Waals surface area contributed by atoms with Crippen LogP contribution in [0.3, 0.4) is 0 Å². The van der Waals surface area contributed by atoms with E-state index in [1.54, 1.807) is 0 Å². The fourth-order valence-corrected chi connectivity index (χ4v) is 2.73. The molecule has 4 heteroatoms. The van der Waals surface area contributed by atoms with Gasteiger partial charge in [-0.2, -0.15) is 4.99 Å². The van der Waals surface area contributed by atoms with E-state index in [1.807, 2.05) is 24.3 Å². The molecule has 1 atom stereocenters. The van der Waals surface area contributed by atoms with Crippen LogP contribution in [0.15, 0.2) is 29.3 Å². The first kappa shape index (κ1) is 17.3. The summed E-state index contributed by atoms with van der Waals surface area (Å²) in [6, 6.07) is 7.75. The molecule has 0 aromatic heterocycles. The van der Waals surface area contributed by atoms with Crippen molar-refractivity contribution in [1.29, 1.82) is 0 Å². The zero-order valence-electron chi connectivity index (χ0n) is 13.5. The smallest absolute Gasteiger partial charge is 0.183 e. The van der Waals surface area contributed by atoms with Gasteiger partial charge in [0.2, 0.25) is 0 Å². The van der Waals surface area contributed by atoms with Crippen LogP contribution in [0.1, 0.15) is 51.4 Å². The number of aliphatic imine (C=N–C) groups is 1. The Morgan fingerprint density at radius 3 is 2.55 bits per heavy atom. The van der Waals surface area contributed by atoms with Crippen LogP contribution >= 0.6 is 12.2 Å². The quantitative estimate of drug-likeness (QED) is 0.505. The van der Waals surface area contributed by atoms with Gasteiger partial charge in [-0.05, 0) is 36.7 Å². The lowest BCUT2D eigenvalue weighted by Crippen LogP contribution is -2.27. The first-order chi connectivity index (χ1) is 10.7. The maximum atomic E-state index is 5.87. The molecule has 0 radical (unpaired) electrons. The second-order valence-corrected chi connectivity index (χ2v) is 6.29. The van der Waals surface area contributed by atoms with Crippen LogP contribution in [0, 0.1) is 11.8 Å². The van der Waals surface area contributed by atoms with Crippen molar-refractivity contribution in [3.05, 3.63) is 29.8 Å². The normalized spacial score (nSPS) is 22.8. The molecule has 1 aromatic rings. The molecule has 0 saturated carbocycles. The highest BCUT2D eigenvalue weighted by atomic mass is 32.1. The molecule has 22 heavy (non-hydrogen) atoms. The highest BCUT2D eigenvalue weighted by Gasteiger charge is 2.23. The summed E-state index contributed by atoms with van der Waals surface area (Å²) in [5.74, 6) is 1.35. The van der Waals surface area contributed by atoms with E-state index in [1.165, 1.54) is 25.7 Å². The van der Waals surface area contributed by atoms with Gasteiger partial charge in [0.25, 0.3) is 0 Å². The average molecular weight is 319 g/mol. The lowest BCUT2D eigenvalue weighted by Gasteiger charge is -2.29. The molecule has 0 bridgehead atoms. The van der Waals surface area contributed by atoms with E-state index >= 15 is 0 Å². The molecule has 0 spiro atoms. The third kappa shape index (κ3) is 5.29.